The van der Waals surface area contributed by atoms with Gasteiger partial charge in [-0.1, -0.05) is 21.6 Å². The van der Waals surface area contributed by atoms with Gasteiger partial charge in [-0.25, -0.2) is 0 Å². The van der Waals surface area contributed by atoms with Crippen LogP contribution in [-0.2, 0) is 15.3 Å². The van der Waals surface area contributed by atoms with Crippen molar-refractivity contribution in [3.63, 3.8) is 0 Å². The molecule has 0 aliphatic rings. The van der Waals surface area contributed by atoms with Crippen LogP contribution in [0.15, 0.2) is 22.8 Å². The second-order valence-corrected chi connectivity index (χ2v) is 5.54. The van der Waals surface area contributed by atoms with Crippen molar-refractivity contribution in [3.8, 4) is 0 Å². The van der Waals surface area contributed by atoms with E-state index in [1.807, 2.05) is 26.0 Å². The second kappa shape index (κ2) is 6.85. The highest BCUT2D eigenvalue weighted by Crippen LogP contribution is 2.30. The van der Waals surface area contributed by atoms with Crippen molar-refractivity contribution in [2.75, 3.05) is 6.61 Å². The van der Waals surface area contributed by atoms with Gasteiger partial charge in [-0.05, 0) is 26.0 Å². The normalized spacial score (nSPS) is 12.4. The van der Waals surface area contributed by atoms with Crippen LogP contribution in [0.5, 0.6) is 0 Å². The number of hydrogen-bond donors (Lipinski definition) is 0. The standard InChI is InChI=1S/C10H14O3S2/c1-3-12-10(11)8(2)15-14-7-9-5-4-6-13-9/h4-6,8H,3,7H2,1-2H3. The van der Waals surface area contributed by atoms with Gasteiger partial charge in [0.05, 0.1) is 18.6 Å². The highest BCUT2D eigenvalue weighted by atomic mass is 33.1. The lowest BCUT2D eigenvalue weighted by Gasteiger charge is -2.08. The van der Waals surface area contributed by atoms with Gasteiger partial charge in [0.1, 0.15) is 11.0 Å². The fourth-order valence-corrected chi connectivity index (χ4v) is 2.99. The highest BCUT2D eigenvalue weighted by molar-refractivity contribution is 8.76. The Bertz CT molecular complexity index is 285. The molecule has 0 bridgehead atoms. The molecular weight excluding hydrogens is 232 g/mol. The summed E-state index contributed by atoms with van der Waals surface area (Å²) < 4.78 is 10.1. The quantitative estimate of drug-likeness (QED) is 0.569. The van der Waals surface area contributed by atoms with Crippen molar-refractivity contribution < 1.29 is 13.9 Å². The van der Waals surface area contributed by atoms with Crippen LogP contribution < -0.4 is 0 Å². The summed E-state index contributed by atoms with van der Waals surface area (Å²) >= 11 is 0. The van der Waals surface area contributed by atoms with Crippen molar-refractivity contribution in [1.82, 2.24) is 0 Å². The Balaban J connectivity index is 2.17. The minimum absolute atomic E-state index is 0.134. The van der Waals surface area contributed by atoms with E-state index in [-0.39, 0.29) is 11.2 Å². The highest BCUT2D eigenvalue weighted by Gasteiger charge is 2.14. The van der Waals surface area contributed by atoms with Crippen molar-refractivity contribution in [1.29, 1.82) is 0 Å². The maximum absolute atomic E-state index is 11.3. The van der Waals surface area contributed by atoms with Gasteiger partial charge < -0.3 is 9.15 Å². The molecule has 0 radical (unpaired) electrons. The monoisotopic (exact) mass is 246 g/mol. The SMILES string of the molecule is CCOC(=O)C(C)SSCc1ccco1. The Hall–Kier alpha value is -0.550. The van der Waals surface area contributed by atoms with Crippen LogP contribution in [-0.4, -0.2) is 17.8 Å². The van der Waals surface area contributed by atoms with Gasteiger partial charge in [-0.3, -0.25) is 4.79 Å². The molecule has 15 heavy (non-hydrogen) atoms. The summed E-state index contributed by atoms with van der Waals surface area (Å²) in [5, 5.41) is -0.134. The Morgan fingerprint density at radius 1 is 1.67 bits per heavy atom. The van der Waals surface area contributed by atoms with Gasteiger partial charge in [0.2, 0.25) is 0 Å². The van der Waals surface area contributed by atoms with E-state index in [0.29, 0.717) is 6.61 Å². The molecule has 1 rings (SSSR count). The second-order valence-electron chi connectivity index (χ2n) is 2.83. The van der Waals surface area contributed by atoms with Crippen LogP contribution in [0.1, 0.15) is 19.6 Å². The van der Waals surface area contributed by atoms with E-state index in [0.717, 1.165) is 11.5 Å². The first-order valence-corrected chi connectivity index (χ1v) is 7.09. The minimum atomic E-state index is -0.158. The van der Waals surface area contributed by atoms with Crippen molar-refractivity contribution >= 4 is 27.6 Å². The molecule has 0 amide bonds. The van der Waals surface area contributed by atoms with E-state index >= 15 is 0 Å². The molecule has 1 atom stereocenters. The number of hydrogen-bond acceptors (Lipinski definition) is 5. The van der Waals surface area contributed by atoms with Crippen LogP contribution >= 0.6 is 21.6 Å². The first-order valence-electron chi connectivity index (χ1n) is 4.71. The summed E-state index contributed by atoms with van der Waals surface area (Å²) in [5.74, 6) is 1.53. The van der Waals surface area contributed by atoms with E-state index < -0.39 is 0 Å². The molecule has 0 fully saturated rings. The lowest BCUT2D eigenvalue weighted by atomic mass is 10.5. The Kier molecular flexibility index (Phi) is 5.71. The van der Waals surface area contributed by atoms with Gasteiger partial charge in [-0.15, -0.1) is 0 Å². The Morgan fingerprint density at radius 2 is 2.47 bits per heavy atom. The largest absolute Gasteiger partial charge is 0.468 e. The zero-order valence-electron chi connectivity index (χ0n) is 8.76. The average molecular weight is 246 g/mol. The maximum Gasteiger partial charge on any atom is 0.319 e. The molecule has 5 heteroatoms. The average Bonchev–Trinajstić information content (AvgIpc) is 2.71. The van der Waals surface area contributed by atoms with E-state index in [9.17, 15) is 4.79 Å². The summed E-state index contributed by atoms with van der Waals surface area (Å²) in [6.07, 6.45) is 1.65. The topological polar surface area (TPSA) is 39.4 Å². The van der Waals surface area contributed by atoms with Crippen LogP contribution in [0.25, 0.3) is 0 Å². The molecule has 0 saturated carbocycles. The Labute approximate surface area is 97.3 Å². The summed E-state index contributed by atoms with van der Waals surface area (Å²) in [4.78, 5) is 11.3. The number of furan rings is 1. The van der Waals surface area contributed by atoms with Crippen LogP contribution in [0, 0.1) is 0 Å². The van der Waals surface area contributed by atoms with Crippen LogP contribution in [0.2, 0.25) is 0 Å². The molecular formula is C10H14O3S2. The third-order valence-corrected chi connectivity index (χ3v) is 4.26. The summed E-state index contributed by atoms with van der Waals surface area (Å²) in [7, 11) is 3.10. The van der Waals surface area contributed by atoms with Crippen molar-refractivity contribution in [2.45, 2.75) is 24.9 Å². The van der Waals surface area contributed by atoms with Crippen LogP contribution in [0.3, 0.4) is 0 Å². The lowest BCUT2D eigenvalue weighted by molar-refractivity contribution is -0.142. The number of esters is 1. The summed E-state index contributed by atoms with van der Waals surface area (Å²) in [5.41, 5.74) is 0. The van der Waals surface area contributed by atoms with Crippen molar-refractivity contribution in [3.05, 3.63) is 24.2 Å². The first-order chi connectivity index (χ1) is 7.24. The third-order valence-electron chi connectivity index (χ3n) is 1.61. The number of carbonyl (C=O) groups excluding carboxylic acids is 1. The van der Waals surface area contributed by atoms with Gasteiger partial charge in [0.25, 0.3) is 0 Å². The van der Waals surface area contributed by atoms with Crippen LogP contribution in [0.4, 0.5) is 0 Å². The first kappa shape index (κ1) is 12.5. The van der Waals surface area contributed by atoms with Crippen molar-refractivity contribution in [2.24, 2.45) is 0 Å². The number of rotatable bonds is 6. The smallest absolute Gasteiger partial charge is 0.319 e. The molecule has 0 N–H and O–H groups in total. The predicted molar refractivity (Wildman–Crippen MR) is 63.7 cm³/mol. The predicted octanol–water partition coefficient (Wildman–Crippen LogP) is 3.11. The fraction of sp³-hybridized carbons (Fsp3) is 0.500. The molecule has 3 nitrogen and oxygen atoms in total. The van der Waals surface area contributed by atoms with Gasteiger partial charge in [-0.2, -0.15) is 0 Å². The zero-order chi connectivity index (χ0) is 11.1. The molecule has 0 aromatic carbocycles. The fourth-order valence-electron chi connectivity index (χ4n) is 0.888. The molecule has 1 unspecified atom stereocenters. The van der Waals surface area contributed by atoms with E-state index in [4.69, 9.17) is 9.15 Å². The summed E-state index contributed by atoms with van der Waals surface area (Å²) in [6.45, 7) is 4.09. The Morgan fingerprint density at radius 3 is 3.07 bits per heavy atom. The molecule has 84 valence electrons. The molecule has 1 aromatic heterocycles. The number of carbonyl (C=O) groups is 1. The maximum atomic E-state index is 11.3. The molecule has 1 aromatic rings. The van der Waals surface area contributed by atoms with Gasteiger partial charge >= 0.3 is 5.97 Å². The van der Waals surface area contributed by atoms with Gasteiger partial charge in [0, 0.05) is 0 Å². The van der Waals surface area contributed by atoms with Gasteiger partial charge in [0.15, 0.2) is 0 Å². The third kappa shape index (κ3) is 4.66. The lowest BCUT2D eigenvalue weighted by Crippen LogP contribution is -2.15. The summed E-state index contributed by atoms with van der Waals surface area (Å²) in [6, 6.07) is 3.78. The molecule has 0 spiro atoms. The van der Waals surface area contributed by atoms with E-state index in [2.05, 4.69) is 0 Å². The molecule has 1 heterocycles. The molecule has 0 saturated heterocycles. The molecule has 0 aliphatic heterocycles. The number of ether oxygens (including phenoxy) is 1. The zero-order valence-corrected chi connectivity index (χ0v) is 10.4. The molecule has 0 aliphatic carbocycles. The minimum Gasteiger partial charge on any atom is -0.468 e. The van der Waals surface area contributed by atoms with E-state index in [1.54, 1.807) is 17.1 Å². The van der Waals surface area contributed by atoms with E-state index in [1.165, 1.54) is 10.8 Å².